The second-order valence-electron chi connectivity index (χ2n) is 4.74. The summed E-state index contributed by atoms with van der Waals surface area (Å²) in [7, 11) is -2.47. The van der Waals surface area contributed by atoms with Crippen LogP contribution in [0.15, 0.2) is 23.1 Å². The smallest absolute Gasteiger partial charge is 0.296 e. The number of hydrogen-bond acceptors (Lipinski definition) is 4. The van der Waals surface area contributed by atoms with Gasteiger partial charge in [-0.1, -0.05) is 17.7 Å². The van der Waals surface area contributed by atoms with Crippen molar-refractivity contribution in [3.8, 4) is 0 Å². The second kappa shape index (κ2) is 4.99. The van der Waals surface area contributed by atoms with Crippen LogP contribution in [0.25, 0.3) is 0 Å². The van der Waals surface area contributed by atoms with Crippen molar-refractivity contribution in [2.24, 2.45) is 0 Å². The maximum atomic E-state index is 11.9. The van der Waals surface area contributed by atoms with Crippen molar-refractivity contribution in [3.63, 3.8) is 0 Å². The molecule has 0 bridgehead atoms. The molecule has 0 saturated carbocycles. The Balaban J connectivity index is 2.48. The van der Waals surface area contributed by atoms with Gasteiger partial charge in [-0.15, -0.1) is 0 Å². The van der Waals surface area contributed by atoms with Crippen LogP contribution >= 0.6 is 0 Å². The fourth-order valence-electron chi connectivity index (χ4n) is 2.34. The van der Waals surface area contributed by atoms with Gasteiger partial charge in [0, 0.05) is 5.92 Å². The molecule has 0 aliphatic carbocycles. The van der Waals surface area contributed by atoms with Crippen molar-refractivity contribution in [1.29, 1.82) is 0 Å². The minimum Gasteiger partial charge on any atom is -0.378 e. The molecule has 1 heterocycles. The maximum Gasteiger partial charge on any atom is 0.296 e. The predicted molar refractivity (Wildman–Crippen MR) is 68.1 cm³/mol. The van der Waals surface area contributed by atoms with Crippen LogP contribution in [-0.2, 0) is 19.0 Å². The predicted octanol–water partition coefficient (Wildman–Crippen LogP) is 2.22. The minimum absolute atomic E-state index is 0.125. The zero-order valence-corrected chi connectivity index (χ0v) is 11.7. The molecule has 1 fully saturated rings. The summed E-state index contributed by atoms with van der Waals surface area (Å²) in [6, 6.07) is 5.32. The van der Waals surface area contributed by atoms with Crippen molar-refractivity contribution in [3.05, 3.63) is 29.3 Å². The third-order valence-electron chi connectivity index (χ3n) is 3.29. The average Bonchev–Trinajstić information content (AvgIpc) is 2.75. The van der Waals surface area contributed by atoms with E-state index in [9.17, 15) is 8.42 Å². The highest BCUT2D eigenvalue weighted by molar-refractivity contribution is 7.86. The van der Waals surface area contributed by atoms with Crippen LogP contribution in [0.4, 0.5) is 0 Å². The molecular weight excluding hydrogens is 252 g/mol. The summed E-state index contributed by atoms with van der Waals surface area (Å²) in [6.45, 7) is 4.52. The van der Waals surface area contributed by atoms with Gasteiger partial charge in [0.1, 0.15) is 0 Å². The Morgan fingerprint density at radius 1 is 1.39 bits per heavy atom. The first-order chi connectivity index (χ1) is 8.44. The monoisotopic (exact) mass is 270 g/mol. The molecule has 1 saturated heterocycles. The summed E-state index contributed by atoms with van der Waals surface area (Å²) < 4.78 is 34.0. The van der Waals surface area contributed by atoms with Gasteiger partial charge in [-0.25, -0.2) is 0 Å². The van der Waals surface area contributed by atoms with Crippen molar-refractivity contribution in [1.82, 2.24) is 0 Å². The average molecular weight is 270 g/mol. The van der Waals surface area contributed by atoms with Crippen molar-refractivity contribution in [2.45, 2.75) is 37.2 Å². The summed E-state index contributed by atoms with van der Waals surface area (Å²) in [6.07, 6.45) is 1.02. The Morgan fingerprint density at radius 2 is 2.11 bits per heavy atom. The van der Waals surface area contributed by atoms with E-state index in [4.69, 9.17) is 4.74 Å². The first-order valence-electron chi connectivity index (χ1n) is 5.97. The highest BCUT2D eigenvalue weighted by Gasteiger charge is 2.29. The Kier molecular flexibility index (Phi) is 3.75. The van der Waals surface area contributed by atoms with Crippen molar-refractivity contribution in [2.75, 3.05) is 13.7 Å². The normalized spacial score (nSPS) is 24.4. The topological polar surface area (TPSA) is 52.6 Å². The molecule has 18 heavy (non-hydrogen) atoms. The Morgan fingerprint density at radius 3 is 2.67 bits per heavy atom. The largest absolute Gasteiger partial charge is 0.378 e. The SMILES string of the molecule is COS(=O)(=O)c1ccc(C)cc1C1COC(C)C1. The first kappa shape index (κ1) is 13.5. The third-order valence-corrected chi connectivity index (χ3v) is 4.64. The van der Waals surface area contributed by atoms with Crippen LogP contribution in [0.2, 0.25) is 0 Å². The van der Waals surface area contributed by atoms with Gasteiger partial charge in [-0.3, -0.25) is 4.18 Å². The highest BCUT2D eigenvalue weighted by atomic mass is 32.2. The van der Waals surface area contributed by atoms with Crippen LogP contribution in [0.5, 0.6) is 0 Å². The lowest BCUT2D eigenvalue weighted by Crippen LogP contribution is -2.10. The molecule has 0 aromatic heterocycles. The van der Waals surface area contributed by atoms with Gasteiger partial charge in [-0.05, 0) is 31.9 Å². The van der Waals surface area contributed by atoms with Crippen LogP contribution in [0.1, 0.15) is 30.4 Å². The Bertz CT molecular complexity index is 536. The molecule has 100 valence electrons. The molecule has 1 aromatic rings. The zero-order valence-electron chi connectivity index (χ0n) is 10.8. The quantitative estimate of drug-likeness (QED) is 0.790. The molecule has 0 amide bonds. The van der Waals surface area contributed by atoms with Gasteiger partial charge >= 0.3 is 0 Å². The zero-order chi connectivity index (χ0) is 13.3. The van der Waals surface area contributed by atoms with Crippen molar-refractivity contribution >= 4 is 10.1 Å². The van der Waals surface area contributed by atoms with E-state index in [1.54, 1.807) is 12.1 Å². The molecule has 4 nitrogen and oxygen atoms in total. The van der Waals surface area contributed by atoms with Crippen LogP contribution in [0.3, 0.4) is 0 Å². The Hall–Kier alpha value is -0.910. The molecule has 2 unspecified atom stereocenters. The van der Waals surface area contributed by atoms with Crippen LogP contribution in [-0.4, -0.2) is 28.2 Å². The van der Waals surface area contributed by atoms with E-state index in [0.29, 0.717) is 6.61 Å². The van der Waals surface area contributed by atoms with Crippen LogP contribution in [0, 0.1) is 6.92 Å². The van der Waals surface area contributed by atoms with Gasteiger partial charge in [0.05, 0.1) is 24.7 Å². The molecule has 2 atom stereocenters. The third kappa shape index (κ3) is 2.58. The van der Waals surface area contributed by atoms with E-state index in [0.717, 1.165) is 17.5 Å². The molecule has 0 radical (unpaired) electrons. The summed E-state index contributed by atoms with van der Waals surface area (Å²) in [4.78, 5) is 0.262. The molecule has 2 rings (SSSR count). The van der Waals surface area contributed by atoms with E-state index >= 15 is 0 Å². The second-order valence-corrected chi connectivity index (χ2v) is 6.42. The van der Waals surface area contributed by atoms with Crippen molar-refractivity contribution < 1.29 is 17.3 Å². The Labute approximate surface area is 108 Å². The van der Waals surface area contributed by atoms with Gasteiger partial charge in [0.2, 0.25) is 0 Å². The lowest BCUT2D eigenvalue weighted by Gasteiger charge is -2.14. The highest BCUT2D eigenvalue weighted by Crippen LogP contribution is 2.34. The fourth-order valence-corrected chi connectivity index (χ4v) is 3.27. The van der Waals surface area contributed by atoms with E-state index < -0.39 is 10.1 Å². The summed E-state index contributed by atoms with van der Waals surface area (Å²) >= 11 is 0. The summed E-state index contributed by atoms with van der Waals surface area (Å²) in [5.74, 6) is 0.125. The van der Waals surface area contributed by atoms with Gasteiger partial charge in [0.25, 0.3) is 10.1 Å². The molecule has 1 aliphatic heterocycles. The molecule has 1 aliphatic rings. The van der Waals surface area contributed by atoms with Crippen LogP contribution < -0.4 is 0 Å². The molecule has 0 N–H and O–H groups in total. The molecular formula is C13H18O4S. The lowest BCUT2D eigenvalue weighted by molar-refractivity contribution is 0.123. The number of ether oxygens (including phenoxy) is 1. The lowest BCUT2D eigenvalue weighted by atomic mass is 9.95. The van der Waals surface area contributed by atoms with Gasteiger partial charge in [-0.2, -0.15) is 8.42 Å². The van der Waals surface area contributed by atoms with E-state index in [1.165, 1.54) is 7.11 Å². The van der Waals surface area contributed by atoms with E-state index in [-0.39, 0.29) is 16.9 Å². The maximum absolute atomic E-state index is 11.9. The van der Waals surface area contributed by atoms with Gasteiger partial charge in [0.15, 0.2) is 0 Å². The molecule has 1 aromatic carbocycles. The summed E-state index contributed by atoms with van der Waals surface area (Å²) in [5.41, 5.74) is 1.85. The first-order valence-corrected chi connectivity index (χ1v) is 7.37. The number of benzene rings is 1. The fraction of sp³-hybridized carbons (Fsp3) is 0.538. The molecule has 5 heteroatoms. The van der Waals surface area contributed by atoms with Gasteiger partial charge < -0.3 is 4.74 Å². The van der Waals surface area contributed by atoms with E-state index in [2.05, 4.69) is 4.18 Å². The van der Waals surface area contributed by atoms with E-state index in [1.807, 2.05) is 19.9 Å². The summed E-state index contributed by atoms with van der Waals surface area (Å²) in [5, 5.41) is 0. The standard InChI is InChI=1S/C13H18O4S/c1-9-4-5-13(18(14,15)16-3)12(6-9)11-7-10(2)17-8-11/h4-6,10-11H,7-8H2,1-3H3. The number of aryl methyl sites for hydroxylation is 1. The molecule has 0 spiro atoms. The number of hydrogen-bond donors (Lipinski definition) is 0. The number of rotatable bonds is 3. The minimum atomic E-state index is -3.66.